The summed E-state index contributed by atoms with van der Waals surface area (Å²) >= 11 is 4.10. The van der Waals surface area contributed by atoms with Gasteiger partial charge in [0.15, 0.2) is 0 Å². The lowest BCUT2D eigenvalue weighted by molar-refractivity contribution is 0.0847. The lowest BCUT2D eigenvalue weighted by atomic mass is 10.0. The monoisotopic (exact) mass is 225 g/mol. The van der Waals surface area contributed by atoms with Gasteiger partial charge in [-0.1, -0.05) is 0 Å². The van der Waals surface area contributed by atoms with Crippen LogP contribution in [-0.2, 0) is 0 Å². The average Bonchev–Trinajstić information content (AvgIpc) is 2.65. The molecular formula is C8H11N5OS. The minimum absolute atomic E-state index is 0.156. The maximum atomic E-state index is 11.9. The fraction of sp³-hybridized carbons (Fsp3) is 0.500. The second-order valence-corrected chi connectivity index (χ2v) is 3.71. The number of hydrogen-bond donors (Lipinski definition) is 2. The van der Waals surface area contributed by atoms with Crippen LogP contribution in [0.5, 0.6) is 0 Å². The molecule has 2 N–H and O–H groups in total. The summed E-state index contributed by atoms with van der Waals surface area (Å²) in [5, 5.41) is 3.80. The van der Waals surface area contributed by atoms with E-state index in [2.05, 4.69) is 27.7 Å². The molecule has 1 aliphatic rings. The van der Waals surface area contributed by atoms with Gasteiger partial charge in [0.05, 0.1) is 5.92 Å². The van der Waals surface area contributed by atoms with Crippen molar-refractivity contribution in [2.75, 3.05) is 5.75 Å². The highest BCUT2D eigenvalue weighted by Gasteiger charge is 2.30. The zero-order valence-electron chi connectivity index (χ0n) is 8.00. The summed E-state index contributed by atoms with van der Waals surface area (Å²) in [6, 6.07) is 0. The van der Waals surface area contributed by atoms with Crippen molar-refractivity contribution in [3.05, 3.63) is 6.33 Å². The Kier molecular flexibility index (Phi) is 2.72. The molecule has 1 atom stereocenters. The van der Waals surface area contributed by atoms with Gasteiger partial charge < -0.3 is 5.73 Å². The first-order valence-electron chi connectivity index (χ1n) is 4.63. The highest BCUT2D eigenvalue weighted by Crippen LogP contribution is 2.20. The summed E-state index contributed by atoms with van der Waals surface area (Å²) < 4.78 is 1.19. The van der Waals surface area contributed by atoms with Gasteiger partial charge in [-0.05, 0) is 18.6 Å². The number of aromatic nitrogens is 3. The zero-order valence-corrected chi connectivity index (χ0v) is 8.89. The Bertz CT molecular complexity index is 413. The van der Waals surface area contributed by atoms with E-state index in [0.29, 0.717) is 12.3 Å². The Balaban J connectivity index is 2.26. The number of nitrogens with zero attached hydrogens (tertiary/aromatic N) is 4. The molecule has 0 aliphatic carbocycles. The van der Waals surface area contributed by atoms with Crippen molar-refractivity contribution in [3.63, 3.8) is 0 Å². The van der Waals surface area contributed by atoms with Gasteiger partial charge in [-0.2, -0.15) is 32.4 Å². The molecule has 1 unspecified atom stereocenters. The third-order valence-corrected chi connectivity index (χ3v) is 2.59. The van der Waals surface area contributed by atoms with Crippen molar-refractivity contribution in [1.29, 1.82) is 0 Å². The molecule has 0 aromatic carbocycles. The summed E-state index contributed by atoms with van der Waals surface area (Å²) in [5.74, 6) is 0.770. The third kappa shape index (κ3) is 1.74. The molecule has 2 heterocycles. The molecule has 7 heteroatoms. The highest BCUT2D eigenvalue weighted by atomic mass is 32.1. The van der Waals surface area contributed by atoms with E-state index in [9.17, 15) is 4.79 Å². The molecule has 1 aliphatic heterocycles. The number of carbonyl (C=O) groups is 1. The number of rotatable bonds is 3. The van der Waals surface area contributed by atoms with Gasteiger partial charge in [0.1, 0.15) is 12.2 Å². The molecule has 1 aromatic rings. The average molecular weight is 225 g/mol. The molecule has 1 aromatic heterocycles. The summed E-state index contributed by atoms with van der Waals surface area (Å²) in [5.41, 5.74) is 5.71. The number of carbonyl (C=O) groups excluding carboxylic acids is 1. The molecule has 0 fully saturated rings. The first-order chi connectivity index (χ1) is 7.24. The van der Waals surface area contributed by atoms with Crippen molar-refractivity contribution in [2.45, 2.75) is 12.8 Å². The standard InChI is InChI=1S/C8H11N5OS/c9-6-5(2-1-3-15)7(14)13-8(12-6)10-4-11-13/h4-5,15H,1-3H2,(H2,9,10,11,12). The van der Waals surface area contributed by atoms with E-state index < -0.39 is 0 Å². The Morgan fingerprint density at radius 1 is 1.60 bits per heavy atom. The van der Waals surface area contributed by atoms with Gasteiger partial charge in [0.25, 0.3) is 11.9 Å². The van der Waals surface area contributed by atoms with E-state index >= 15 is 0 Å². The maximum absolute atomic E-state index is 11.9. The molecule has 0 saturated carbocycles. The Morgan fingerprint density at radius 2 is 2.40 bits per heavy atom. The molecule has 0 bridgehead atoms. The molecule has 2 rings (SSSR count). The normalized spacial score (nSPS) is 19.9. The van der Waals surface area contributed by atoms with Gasteiger partial charge in [0.2, 0.25) is 0 Å². The number of nitrogens with two attached hydrogens (primary N) is 1. The van der Waals surface area contributed by atoms with Crippen molar-refractivity contribution < 1.29 is 4.79 Å². The van der Waals surface area contributed by atoms with E-state index in [1.54, 1.807) is 0 Å². The van der Waals surface area contributed by atoms with E-state index in [-0.39, 0.29) is 17.8 Å². The number of aliphatic imine (C=N–C) groups is 1. The summed E-state index contributed by atoms with van der Waals surface area (Å²) in [6.07, 6.45) is 2.77. The predicted octanol–water partition coefficient (Wildman–Crippen LogP) is 0.247. The lowest BCUT2D eigenvalue weighted by Crippen LogP contribution is -2.37. The van der Waals surface area contributed by atoms with Crippen LogP contribution in [0, 0.1) is 5.92 Å². The van der Waals surface area contributed by atoms with Crippen LogP contribution in [0.3, 0.4) is 0 Å². The van der Waals surface area contributed by atoms with Crippen LogP contribution in [-0.4, -0.2) is 32.3 Å². The minimum Gasteiger partial charge on any atom is -0.386 e. The number of hydrogen-bond acceptors (Lipinski definition) is 6. The van der Waals surface area contributed by atoms with Crippen molar-refractivity contribution in [3.8, 4) is 0 Å². The molecule has 0 saturated heterocycles. The van der Waals surface area contributed by atoms with Crippen LogP contribution in [0.25, 0.3) is 0 Å². The number of amidine groups is 1. The van der Waals surface area contributed by atoms with Crippen LogP contribution in [0.2, 0.25) is 0 Å². The van der Waals surface area contributed by atoms with Gasteiger partial charge in [-0.25, -0.2) is 0 Å². The predicted molar refractivity (Wildman–Crippen MR) is 58.5 cm³/mol. The molecule has 15 heavy (non-hydrogen) atoms. The number of fused-ring (bicyclic) bond motifs is 1. The maximum Gasteiger partial charge on any atom is 0.260 e. The first kappa shape index (κ1) is 10.2. The smallest absolute Gasteiger partial charge is 0.260 e. The van der Waals surface area contributed by atoms with Crippen LogP contribution >= 0.6 is 12.6 Å². The highest BCUT2D eigenvalue weighted by molar-refractivity contribution is 7.80. The van der Waals surface area contributed by atoms with Crippen molar-refractivity contribution >= 4 is 30.3 Å². The van der Waals surface area contributed by atoms with Gasteiger partial charge >= 0.3 is 0 Å². The van der Waals surface area contributed by atoms with Gasteiger partial charge in [-0.15, -0.1) is 0 Å². The van der Waals surface area contributed by atoms with Crippen molar-refractivity contribution in [1.82, 2.24) is 14.8 Å². The molecule has 6 nitrogen and oxygen atoms in total. The molecule has 0 spiro atoms. The third-order valence-electron chi connectivity index (χ3n) is 2.27. The van der Waals surface area contributed by atoms with E-state index in [4.69, 9.17) is 5.73 Å². The Morgan fingerprint density at radius 3 is 3.13 bits per heavy atom. The van der Waals surface area contributed by atoms with Gasteiger partial charge in [-0.3, -0.25) is 4.79 Å². The topological polar surface area (TPSA) is 86.2 Å². The van der Waals surface area contributed by atoms with Crippen LogP contribution in [0.4, 0.5) is 5.95 Å². The SMILES string of the molecule is NC1=Nc2ncnn2C(=O)C1CCCS. The fourth-order valence-corrected chi connectivity index (χ4v) is 1.68. The summed E-state index contributed by atoms with van der Waals surface area (Å²) in [4.78, 5) is 19.7. The first-order valence-corrected chi connectivity index (χ1v) is 5.26. The van der Waals surface area contributed by atoms with E-state index in [1.165, 1.54) is 11.0 Å². The van der Waals surface area contributed by atoms with Crippen LogP contribution in [0.15, 0.2) is 11.3 Å². The van der Waals surface area contributed by atoms with E-state index in [0.717, 1.165) is 12.2 Å². The molecular weight excluding hydrogens is 214 g/mol. The largest absolute Gasteiger partial charge is 0.386 e. The summed E-state index contributed by atoms with van der Waals surface area (Å²) in [7, 11) is 0. The molecule has 0 radical (unpaired) electrons. The Labute approximate surface area is 92.0 Å². The lowest BCUT2D eigenvalue weighted by Gasteiger charge is -2.18. The molecule has 80 valence electrons. The number of thiol groups is 1. The Hall–Kier alpha value is -1.37. The fourth-order valence-electron chi connectivity index (χ4n) is 1.50. The second kappa shape index (κ2) is 4.01. The zero-order chi connectivity index (χ0) is 10.8. The minimum atomic E-state index is -0.383. The van der Waals surface area contributed by atoms with Crippen LogP contribution < -0.4 is 5.73 Å². The van der Waals surface area contributed by atoms with E-state index in [1.807, 2.05) is 0 Å². The van der Waals surface area contributed by atoms with Crippen molar-refractivity contribution in [2.24, 2.45) is 16.6 Å². The van der Waals surface area contributed by atoms with Gasteiger partial charge in [0, 0.05) is 0 Å². The quantitative estimate of drug-likeness (QED) is 0.722. The van der Waals surface area contributed by atoms with Crippen LogP contribution in [0.1, 0.15) is 17.6 Å². The second-order valence-electron chi connectivity index (χ2n) is 3.27. The molecule has 0 amide bonds. The summed E-state index contributed by atoms with van der Waals surface area (Å²) in [6.45, 7) is 0.